The molecule has 1 aliphatic rings. The number of thioether (sulfide) groups is 1. The molecule has 1 fully saturated rings. The van der Waals surface area contributed by atoms with E-state index in [1.807, 2.05) is 40.9 Å². The Labute approximate surface area is 116 Å². The molecule has 1 heterocycles. The van der Waals surface area contributed by atoms with Gasteiger partial charge in [0.05, 0.1) is 6.54 Å². The van der Waals surface area contributed by atoms with E-state index in [0.717, 1.165) is 31.0 Å². The SMILES string of the molecule is O=C(O)CN1CCC(Sc2ccc(Cl)cc2)CC1. The molecule has 1 aliphatic heterocycles. The zero-order chi connectivity index (χ0) is 13.0. The average Bonchev–Trinajstić information content (AvgIpc) is 2.34. The maximum atomic E-state index is 10.6. The van der Waals surface area contributed by atoms with E-state index in [-0.39, 0.29) is 6.54 Å². The fourth-order valence-corrected chi connectivity index (χ4v) is 3.33. The number of benzene rings is 1. The Balaban J connectivity index is 1.79. The van der Waals surface area contributed by atoms with Crippen LogP contribution in [-0.4, -0.2) is 40.9 Å². The smallest absolute Gasteiger partial charge is 0.317 e. The average molecular weight is 286 g/mol. The van der Waals surface area contributed by atoms with Crippen LogP contribution in [0.5, 0.6) is 0 Å². The molecule has 3 nitrogen and oxygen atoms in total. The Kier molecular flexibility index (Phi) is 4.92. The molecular weight excluding hydrogens is 270 g/mol. The minimum atomic E-state index is -0.737. The van der Waals surface area contributed by atoms with Gasteiger partial charge in [-0.3, -0.25) is 9.69 Å². The van der Waals surface area contributed by atoms with Crippen molar-refractivity contribution in [2.75, 3.05) is 19.6 Å². The van der Waals surface area contributed by atoms with Gasteiger partial charge in [-0.25, -0.2) is 0 Å². The molecule has 1 aromatic carbocycles. The summed E-state index contributed by atoms with van der Waals surface area (Å²) >= 11 is 7.71. The normalized spacial score (nSPS) is 17.8. The molecule has 0 aromatic heterocycles. The van der Waals surface area contributed by atoms with Gasteiger partial charge < -0.3 is 5.11 Å². The third kappa shape index (κ3) is 4.19. The molecule has 0 atom stereocenters. The summed E-state index contributed by atoms with van der Waals surface area (Å²) in [5.41, 5.74) is 0. The van der Waals surface area contributed by atoms with Gasteiger partial charge in [0.25, 0.3) is 0 Å². The van der Waals surface area contributed by atoms with Crippen LogP contribution in [0, 0.1) is 0 Å². The molecule has 0 spiro atoms. The zero-order valence-corrected chi connectivity index (χ0v) is 11.6. The second-order valence-corrected chi connectivity index (χ2v) is 6.25. The summed E-state index contributed by atoms with van der Waals surface area (Å²) in [6.45, 7) is 1.91. The van der Waals surface area contributed by atoms with Crippen molar-refractivity contribution >= 4 is 29.3 Å². The summed E-state index contributed by atoms with van der Waals surface area (Å²) in [4.78, 5) is 13.8. The lowest BCUT2D eigenvalue weighted by atomic mass is 10.1. The summed E-state index contributed by atoms with van der Waals surface area (Å²) in [6, 6.07) is 7.89. The molecule has 5 heteroatoms. The van der Waals surface area contributed by atoms with E-state index in [1.165, 1.54) is 4.90 Å². The van der Waals surface area contributed by atoms with Crippen molar-refractivity contribution in [3.63, 3.8) is 0 Å². The summed E-state index contributed by atoms with van der Waals surface area (Å²) in [7, 11) is 0. The third-order valence-electron chi connectivity index (χ3n) is 3.01. The van der Waals surface area contributed by atoms with Crippen LogP contribution in [0.15, 0.2) is 29.2 Å². The first-order valence-electron chi connectivity index (χ1n) is 6.00. The number of piperidine rings is 1. The van der Waals surface area contributed by atoms with Crippen LogP contribution < -0.4 is 0 Å². The van der Waals surface area contributed by atoms with E-state index >= 15 is 0 Å². The van der Waals surface area contributed by atoms with E-state index in [0.29, 0.717) is 5.25 Å². The number of carboxylic acids is 1. The van der Waals surface area contributed by atoms with Crippen molar-refractivity contribution in [3.8, 4) is 0 Å². The number of carbonyl (C=O) groups is 1. The molecule has 1 N–H and O–H groups in total. The standard InChI is InChI=1S/C13H16ClNO2S/c14-10-1-3-11(4-2-10)18-12-5-7-15(8-6-12)9-13(16)17/h1-4,12H,5-9H2,(H,16,17). The fraction of sp³-hybridized carbons (Fsp3) is 0.462. The first-order chi connectivity index (χ1) is 8.63. The van der Waals surface area contributed by atoms with Gasteiger partial charge in [-0.1, -0.05) is 11.6 Å². The first-order valence-corrected chi connectivity index (χ1v) is 7.25. The van der Waals surface area contributed by atoms with Crippen molar-refractivity contribution < 1.29 is 9.90 Å². The van der Waals surface area contributed by atoms with Crippen molar-refractivity contribution in [3.05, 3.63) is 29.3 Å². The molecule has 0 amide bonds. The second kappa shape index (κ2) is 6.45. The second-order valence-electron chi connectivity index (χ2n) is 4.44. The molecule has 0 unspecified atom stereocenters. The van der Waals surface area contributed by atoms with Gasteiger partial charge in [-0.15, -0.1) is 11.8 Å². The Bertz CT molecular complexity index is 402. The Morgan fingerprint density at radius 3 is 2.50 bits per heavy atom. The third-order valence-corrected chi connectivity index (χ3v) is 4.61. The lowest BCUT2D eigenvalue weighted by molar-refractivity contribution is -0.138. The molecule has 0 bridgehead atoms. The van der Waals surface area contributed by atoms with Crippen LogP contribution in [0.1, 0.15) is 12.8 Å². The number of likely N-dealkylation sites (tertiary alicyclic amines) is 1. The highest BCUT2D eigenvalue weighted by Crippen LogP contribution is 2.30. The summed E-state index contributed by atoms with van der Waals surface area (Å²) in [6.07, 6.45) is 2.08. The Morgan fingerprint density at radius 1 is 1.33 bits per heavy atom. The molecule has 0 radical (unpaired) electrons. The van der Waals surface area contributed by atoms with Crippen molar-refractivity contribution in [1.29, 1.82) is 0 Å². The van der Waals surface area contributed by atoms with E-state index in [1.54, 1.807) is 0 Å². The maximum Gasteiger partial charge on any atom is 0.317 e. The molecule has 18 heavy (non-hydrogen) atoms. The van der Waals surface area contributed by atoms with Crippen molar-refractivity contribution in [1.82, 2.24) is 4.90 Å². The molecule has 0 saturated carbocycles. The molecule has 2 rings (SSSR count). The number of hydrogen-bond donors (Lipinski definition) is 1. The number of rotatable bonds is 4. The van der Waals surface area contributed by atoms with Crippen LogP contribution >= 0.6 is 23.4 Å². The first kappa shape index (κ1) is 13.7. The predicted molar refractivity (Wildman–Crippen MR) is 74.4 cm³/mol. The van der Waals surface area contributed by atoms with Crippen molar-refractivity contribution in [2.24, 2.45) is 0 Å². The molecular formula is C13H16ClNO2S. The van der Waals surface area contributed by atoms with Crippen LogP contribution in [0.2, 0.25) is 5.02 Å². The van der Waals surface area contributed by atoms with Gasteiger partial charge in [0, 0.05) is 15.2 Å². The van der Waals surface area contributed by atoms with Crippen LogP contribution in [-0.2, 0) is 4.79 Å². The largest absolute Gasteiger partial charge is 0.480 e. The number of aliphatic carboxylic acids is 1. The maximum absolute atomic E-state index is 10.6. The van der Waals surface area contributed by atoms with Gasteiger partial charge >= 0.3 is 5.97 Å². The van der Waals surface area contributed by atoms with Gasteiger partial charge in [0.15, 0.2) is 0 Å². The van der Waals surface area contributed by atoms with E-state index in [4.69, 9.17) is 16.7 Å². The van der Waals surface area contributed by atoms with Gasteiger partial charge in [-0.2, -0.15) is 0 Å². The molecule has 0 aliphatic carbocycles. The number of carboxylic acid groups (broad SMARTS) is 1. The Morgan fingerprint density at radius 2 is 1.94 bits per heavy atom. The number of halogens is 1. The monoisotopic (exact) mass is 285 g/mol. The van der Waals surface area contributed by atoms with Gasteiger partial charge in [0.1, 0.15) is 0 Å². The highest BCUT2D eigenvalue weighted by Gasteiger charge is 2.21. The van der Waals surface area contributed by atoms with E-state index in [2.05, 4.69) is 0 Å². The topological polar surface area (TPSA) is 40.5 Å². The van der Waals surface area contributed by atoms with Gasteiger partial charge in [0.2, 0.25) is 0 Å². The highest BCUT2D eigenvalue weighted by molar-refractivity contribution is 8.00. The fourth-order valence-electron chi connectivity index (χ4n) is 2.08. The summed E-state index contributed by atoms with van der Waals surface area (Å²) < 4.78 is 0. The molecule has 1 aromatic rings. The molecule has 98 valence electrons. The van der Waals surface area contributed by atoms with E-state index < -0.39 is 5.97 Å². The predicted octanol–water partition coefficient (Wildman–Crippen LogP) is 2.98. The Hall–Kier alpha value is -0.710. The van der Waals surface area contributed by atoms with E-state index in [9.17, 15) is 4.79 Å². The molecule has 1 saturated heterocycles. The van der Waals surface area contributed by atoms with Crippen LogP contribution in [0.4, 0.5) is 0 Å². The zero-order valence-electron chi connectivity index (χ0n) is 10.0. The van der Waals surface area contributed by atoms with Crippen LogP contribution in [0.25, 0.3) is 0 Å². The minimum absolute atomic E-state index is 0.165. The number of hydrogen-bond acceptors (Lipinski definition) is 3. The van der Waals surface area contributed by atoms with Crippen molar-refractivity contribution in [2.45, 2.75) is 23.0 Å². The lowest BCUT2D eigenvalue weighted by Crippen LogP contribution is -2.38. The summed E-state index contributed by atoms with van der Waals surface area (Å²) in [5.74, 6) is -0.737. The number of nitrogens with zero attached hydrogens (tertiary/aromatic N) is 1. The quantitative estimate of drug-likeness (QED) is 0.923. The summed E-state index contributed by atoms with van der Waals surface area (Å²) in [5, 5.41) is 10.1. The highest BCUT2D eigenvalue weighted by atomic mass is 35.5. The lowest BCUT2D eigenvalue weighted by Gasteiger charge is -2.30. The minimum Gasteiger partial charge on any atom is -0.480 e. The van der Waals surface area contributed by atoms with Crippen LogP contribution in [0.3, 0.4) is 0 Å². The van der Waals surface area contributed by atoms with Gasteiger partial charge in [-0.05, 0) is 50.2 Å².